The molecule has 0 aliphatic carbocycles. The second-order valence-electron chi connectivity index (χ2n) is 4.34. The van der Waals surface area contributed by atoms with Crippen molar-refractivity contribution in [1.29, 1.82) is 0 Å². The first-order valence-corrected chi connectivity index (χ1v) is 7.71. The van der Waals surface area contributed by atoms with Gasteiger partial charge < -0.3 is 10.7 Å². The molecule has 0 unspecified atom stereocenters. The predicted octanol–water partition coefficient (Wildman–Crippen LogP) is 0.541. The Bertz CT molecular complexity index is 758. The van der Waals surface area contributed by atoms with E-state index in [2.05, 4.69) is 21.8 Å². The Morgan fingerprint density at radius 1 is 1.38 bits per heavy atom. The van der Waals surface area contributed by atoms with Crippen molar-refractivity contribution >= 4 is 10.0 Å². The fourth-order valence-electron chi connectivity index (χ4n) is 1.80. The van der Waals surface area contributed by atoms with Gasteiger partial charge in [-0.05, 0) is 11.6 Å². The van der Waals surface area contributed by atoms with E-state index in [1.165, 1.54) is 23.9 Å². The van der Waals surface area contributed by atoms with Crippen LogP contribution in [0.3, 0.4) is 0 Å². The van der Waals surface area contributed by atoms with Crippen LogP contribution >= 0.6 is 0 Å². The van der Waals surface area contributed by atoms with Crippen molar-refractivity contribution in [2.45, 2.75) is 11.6 Å². The highest BCUT2D eigenvalue weighted by molar-refractivity contribution is 7.89. The third kappa shape index (κ3) is 3.49. The second kappa shape index (κ2) is 6.54. The lowest BCUT2D eigenvalue weighted by atomic mass is 10.1. The molecule has 1 aromatic carbocycles. The molecule has 0 saturated carbocycles. The third-order valence-corrected chi connectivity index (χ3v) is 4.63. The van der Waals surface area contributed by atoms with E-state index >= 15 is 0 Å². The average molecular weight is 304 g/mol. The Morgan fingerprint density at radius 2 is 2.14 bits per heavy atom. The van der Waals surface area contributed by atoms with E-state index < -0.39 is 10.0 Å². The number of rotatable bonds is 4. The molecule has 0 bridgehead atoms. The minimum absolute atomic E-state index is 0.0653. The number of hydrogen-bond donors (Lipinski definition) is 2. The molecule has 2 rings (SSSR count). The molecule has 0 aliphatic rings. The second-order valence-corrected chi connectivity index (χ2v) is 6.35. The summed E-state index contributed by atoms with van der Waals surface area (Å²) in [6.45, 7) is 0.480. The topological polar surface area (TPSA) is 92.1 Å². The van der Waals surface area contributed by atoms with Crippen LogP contribution in [-0.4, -0.2) is 36.3 Å². The summed E-state index contributed by atoms with van der Waals surface area (Å²) in [5.41, 5.74) is 6.97. The van der Waals surface area contributed by atoms with Gasteiger partial charge in [-0.15, -0.1) is 0 Å². The summed E-state index contributed by atoms with van der Waals surface area (Å²) in [6, 6.07) is 7.39. The van der Waals surface area contributed by atoms with Crippen LogP contribution in [0.2, 0.25) is 0 Å². The molecular formula is C14H16N4O2S. The number of nitrogens with one attached hydrogen (secondary N) is 1. The summed E-state index contributed by atoms with van der Waals surface area (Å²) in [7, 11) is -2.07. The molecule has 0 atom stereocenters. The zero-order valence-corrected chi connectivity index (χ0v) is 12.4. The van der Waals surface area contributed by atoms with Crippen LogP contribution in [-0.2, 0) is 16.6 Å². The van der Waals surface area contributed by atoms with Crippen molar-refractivity contribution in [3.63, 3.8) is 0 Å². The van der Waals surface area contributed by atoms with Crippen molar-refractivity contribution in [3.8, 4) is 11.8 Å². The molecule has 1 heterocycles. The zero-order valence-electron chi connectivity index (χ0n) is 11.6. The highest BCUT2D eigenvalue weighted by Gasteiger charge is 2.22. The average Bonchev–Trinajstić information content (AvgIpc) is 3.01. The van der Waals surface area contributed by atoms with Gasteiger partial charge in [-0.1, -0.05) is 30.0 Å². The van der Waals surface area contributed by atoms with Gasteiger partial charge in [0.05, 0.1) is 19.1 Å². The number of nitrogens with zero attached hydrogens (tertiary/aromatic N) is 2. The minimum atomic E-state index is -3.59. The maximum Gasteiger partial charge on any atom is 0.260 e. The predicted molar refractivity (Wildman–Crippen MR) is 79.6 cm³/mol. The smallest absolute Gasteiger partial charge is 0.260 e. The van der Waals surface area contributed by atoms with E-state index in [1.54, 1.807) is 0 Å². The van der Waals surface area contributed by atoms with Gasteiger partial charge in [-0.3, -0.25) is 0 Å². The first-order chi connectivity index (χ1) is 10.1. The van der Waals surface area contributed by atoms with Crippen molar-refractivity contribution in [3.05, 3.63) is 47.9 Å². The number of nitrogens with two attached hydrogens (primary N) is 1. The van der Waals surface area contributed by atoms with E-state index in [9.17, 15) is 8.42 Å². The molecule has 2 aromatic rings. The maximum absolute atomic E-state index is 12.3. The number of H-pyrrole nitrogens is 1. The fraction of sp³-hybridized carbons (Fsp3) is 0.214. The van der Waals surface area contributed by atoms with Crippen LogP contribution in [0.5, 0.6) is 0 Å². The molecule has 7 heteroatoms. The summed E-state index contributed by atoms with van der Waals surface area (Å²) in [5.74, 6) is 5.73. The molecule has 0 amide bonds. The van der Waals surface area contributed by atoms with Crippen LogP contribution in [0, 0.1) is 11.8 Å². The van der Waals surface area contributed by atoms with Gasteiger partial charge in [0, 0.05) is 19.2 Å². The number of aromatic nitrogens is 2. The van der Waals surface area contributed by atoms with E-state index in [0.29, 0.717) is 0 Å². The highest BCUT2D eigenvalue weighted by Crippen LogP contribution is 2.16. The first-order valence-electron chi connectivity index (χ1n) is 6.27. The van der Waals surface area contributed by atoms with Crippen LogP contribution in [0.4, 0.5) is 0 Å². The Hall–Kier alpha value is -2.14. The maximum atomic E-state index is 12.3. The lowest BCUT2D eigenvalue weighted by molar-refractivity contribution is 0.464. The normalized spacial score (nSPS) is 11.2. The van der Waals surface area contributed by atoms with E-state index in [4.69, 9.17) is 5.73 Å². The van der Waals surface area contributed by atoms with Crippen LogP contribution in [0.25, 0.3) is 0 Å². The van der Waals surface area contributed by atoms with Crippen molar-refractivity contribution in [2.75, 3.05) is 13.6 Å². The molecule has 0 saturated heterocycles. The van der Waals surface area contributed by atoms with E-state index in [-0.39, 0.29) is 18.1 Å². The molecule has 110 valence electrons. The fourth-order valence-corrected chi connectivity index (χ4v) is 2.84. The number of imidazole rings is 1. The van der Waals surface area contributed by atoms with E-state index in [0.717, 1.165) is 11.1 Å². The Morgan fingerprint density at radius 3 is 2.81 bits per heavy atom. The summed E-state index contributed by atoms with van der Waals surface area (Å²) in [4.78, 5) is 6.35. The zero-order chi connectivity index (χ0) is 15.3. The lowest BCUT2D eigenvalue weighted by Gasteiger charge is -2.16. The first kappa shape index (κ1) is 15.3. The number of benzene rings is 1. The van der Waals surface area contributed by atoms with Gasteiger partial charge in [-0.2, -0.15) is 4.31 Å². The summed E-state index contributed by atoms with van der Waals surface area (Å²) >= 11 is 0. The van der Waals surface area contributed by atoms with Crippen LogP contribution < -0.4 is 5.73 Å². The standard InChI is InChI=1S/C14H16N4O2S/c1-18(21(19,20)14-9-16-11-17-14)10-13-6-3-2-5-12(13)7-4-8-15/h2-3,5-6,9,11H,8,10,15H2,1H3,(H,16,17). The molecule has 21 heavy (non-hydrogen) atoms. The van der Waals surface area contributed by atoms with Gasteiger partial charge in [0.15, 0.2) is 5.03 Å². The molecule has 6 nitrogen and oxygen atoms in total. The lowest BCUT2D eigenvalue weighted by Crippen LogP contribution is -2.27. The number of hydrogen-bond acceptors (Lipinski definition) is 4. The highest BCUT2D eigenvalue weighted by atomic mass is 32.2. The molecule has 3 N–H and O–H groups in total. The van der Waals surface area contributed by atoms with Gasteiger partial charge >= 0.3 is 0 Å². The molecule has 1 aromatic heterocycles. The van der Waals surface area contributed by atoms with Gasteiger partial charge in [0.1, 0.15) is 0 Å². The third-order valence-electron chi connectivity index (χ3n) is 2.90. The van der Waals surface area contributed by atoms with Crippen LogP contribution in [0.1, 0.15) is 11.1 Å². The SMILES string of the molecule is CN(Cc1ccccc1C#CCN)S(=O)(=O)c1cnc[nH]1. The molecule has 0 radical (unpaired) electrons. The van der Waals surface area contributed by atoms with Gasteiger partial charge in [-0.25, -0.2) is 13.4 Å². The van der Waals surface area contributed by atoms with Gasteiger partial charge in [0.25, 0.3) is 10.0 Å². The monoisotopic (exact) mass is 304 g/mol. The number of sulfonamides is 1. The molecule has 0 fully saturated rings. The Kier molecular flexibility index (Phi) is 4.75. The van der Waals surface area contributed by atoms with Crippen molar-refractivity contribution in [1.82, 2.24) is 14.3 Å². The van der Waals surface area contributed by atoms with Crippen molar-refractivity contribution in [2.24, 2.45) is 5.73 Å². The van der Waals surface area contributed by atoms with Crippen molar-refractivity contribution < 1.29 is 8.42 Å². The Balaban J connectivity index is 2.26. The summed E-state index contributed by atoms with van der Waals surface area (Å²) < 4.78 is 25.9. The molecule has 0 spiro atoms. The minimum Gasteiger partial charge on any atom is -0.335 e. The molecular weight excluding hydrogens is 288 g/mol. The van der Waals surface area contributed by atoms with E-state index in [1.807, 2.05) is 24.3 Å². The Labute approximate surface area is 124 Å². The van der Waals surface area contributed by atoms with Crippen LogP contribution in [0.15, 0.2) is 41.8 Å². The van der Waals surface area contributed by atoms with Gasteiger partial charge in [0.2, 0.25) is 0 Å². The summed E-state index contributed by atoms with van der Waals surface area (Å²) in [6.07, 6.45) is 2.62. The molecule has 0 aliphatic heterocycles. The largest absolute Gasteiger partial charge is 0.335 e. The summed E-state index contributed by atoms with van der Waals surface area (Å²) in [5, 5.41) is 0.0653. The number of aromatic amines is 1. The quantitative estimate of drug-likeness (QED) is 0.806.